The summed E-state index contributed by atoms with van der Waals surface area (Å²) in [5.41, 5.74) is 7.04. The van der Waals surface area contributed by atoms with Crippen LogP contribution in [0.1, 0.15) is 17.2 Å². The highest BCUT2D eigenvalue weighted by atomic mass is 35.5. The van der Waals surface area contributed by atoms with E-state index < -0.39 is 24.0 Å². The summed E-state index contributed by atoms with van der Waals surface area (Å²) in [7, 11) is 0. The molecule has 1 heterocycles. The molecule has 0 aliphatic carbocycles. The molecule has 0 aliphatic heterocycles. The van der Waals surface area contributed by atoms with E-state index in [1.54, 1.807) is 11.4 Å². The van der Waals surface area contributed by atoms with Crippen LogP contribution < -0.4 is 10.5 Å². The van der Waals surface area contributed by atoms with E-state index in [1.807, 2.05) is 5.38 Å². The Labute approximate surface area is 122 Å². The zero-order chi connectivity index (χ0) is 14.0. The van der Waals surface area contributed by atoms with Crippen molar-refractivity contribution in [3.8, 4) is 5.75 Å². The first-order valence-corrected chi connectivity index (χ1v) is 6.14. The van der Waals surface area contributed by atoms with E-state index in [1.165, 1.54) is 17.4 Å². The van der Waals surface area contributed by atoms with E-state index in [9.17, 15) is 17.6 Å². The van der Waals surface area contributed by atoms with E-state index in [4.69, 9.17) is 5.73 Å². The van der Waals surface area contributed by atoms with Gasteiger partial charge in [0.2, 0.25) is 0 Å². The fourth-order valence-corrected chi connectivity index (χ4v) is 2.26. The Balaban J connectivity index is 0.00000200. The minimum absolute atomic E-state index is 0. The van der Waals surface area contributed by atoms with Crippen LogP contribution in [-0.2, 0) is 0 Å². The van der Waals surface area contributed by atoms with Gasteiger partial charge in [-0.2, -0.15) is 11.3 Å². The Kier molecular flexibility index (Phi) is 5.38. The van der Waals surface area contributed by atoms with Crippen LogP contribution in [0.4, 0.5) is 17.6 Å². The molecular formula is C12H10ClF4NOS. The van der Waals surface area contributed by atoms with Crippen molar-refractivity contribution < 1.29 is 22.3 Å². The number of alkyl halides is 3. The van der Waals surface area contributed by atoms with Crippen LogP contribution in [-0.4, -0.2) is 6.36 Å². The smallest absolute Gasteiger partial charge is 0.403 e. The van der Waals surface area contributed by atoms with Gasteiger partial charge in [-0.15, -0.1) is 25.6 Å². The van der Waals surface area contributed by atoms with Gasteiger partial charge in [0.25, 0.3) is 0 Å². The highest BCUT2D eigenvalue weighted by Gasteiger charge is 2.32. The number of halogens is 5. The lowest BCUT2D eigenvalue weighted by molar-refractivity contribution is -0.275. The van der Waals surface area contributed by atoms with E-state index >= 15 is 0 Å². The second-order valence-corrected chi connectivity index (χ2v) is 4.55. The number of thiophene rings is 1. The topological polar surface area (TPSA) is 35.2 Å². The molecule has 2 rings (SSSR count). The van der Waals surface area contributed by atoms with Gasteiger partial charge in [0.15, 0.2) is 11.6 Å². The fourth-order valence-electron chi connectivity index (χ4n) is 1.56. The van der Waals surface area contributed by atoms with E-state index in [-0.39, 0.29) is 12.4 Å². The monoisotopic (exact) mass is 327 g/mol. The predicted molar refractivity (Wildman–Crippen MR) is 70.7 cm³/mol. The van der Waals surface area contributed by atoms with Gasteiger partial charge in [0.1, 0.15) is 0 Å². The van der Waals surface area contributed by atoms with Gasteiger partial charge in [0, 0.05) is 0 Å². The summed E-state index contributed by atoms with van der Waals surface area (Å²) in [5, 5.41) is 3.61. The average Bonchev–Trinajstić information content (AvgIpc) is 2.82. The van der Waals surface area contributed by atoms with Crippen molar-refractivity contribution in [1.29, 1.82) is 0 Å². The first kappa shape index (κ1) is 16.7. The summed E-state index contributed by atoms with van der Waals surface area (Å²) in [4.78, 5) is 0. The minimum Gasteiger partial charge on any atom is -0.403 e. The molecule has 1 atom stereocenters. The molecular weight excluding hydrogens is 318 g/mol. The van der Waals surface area contributed by atoms with Gasteiger partial charge in [-0.1, -0.05) is 6.07 Å². The highest BCUT2D eigenvalue weighted by molar-refractivity contribution is 7.08. The molecule has 8 heteroatoms. The van der Waals surface area contributed by atoms with Crippen molar-refractivity contribution in [3.63, 3.8) is 0 Å². The molecule has 0 bridgehead atoms. The molecule has 2 aromatic rings. The summed E-state index contributed by atoms with van der Waals surface area (Å²) in [5.74, 6) is -1.96. The van der Waals surface area contributed by atoms with Gasteiger partial charge in [0.05, 0.1) is 6.04 Å². The molecule has 110 valence electrons. The van der Waals surface area contributed by atoms with Crippen LogP contribution in [0, 0.1) is 5.82 Å². The number of rotatable bonds is 3. The van der Waals surface area contributed by atoms with Crippen molar-refractivity contribution in [2.45, 2.75) is 12.4 Å². The highest BCUT2D eigenvalue weighted by Crippen LogP contribution is 2.29. The van der Waals surface area contributed by atoms with Crippen LogP contribution >= 0.6 is 23.7 Å². The first-order chi connectivity index (χ1) is 8.87. The molecule has 0 radical (unpaired) electrons. The molecule has 1 aromatic heterocycles. The maximum atomic E-state index is 13.5. The lowest BCUT2D eigenvalue weighted by Gasteiger charge is -2.13. The zero-order valence-corrected chi connectivity index (χ0v) is 11.5. The number of hydrogen-bond acceptors (Lipinski definition) is 3. The van der Waals surface area contributed by atoms with Crippen molar-refractivity contribution >= 4 is 23.7 Å². The van der Waals surface area contributed by atoms with E-state index in [0.29, 0.717) is 5.56 Å². The molecule has 2 N–H and O–H groups in total. The molecule has 0 saturated heterocycles. The summed E-state index contributed by atoms with van der Waals surface area (Å²) >= 11 is 1.43. The zero-order valence-electron chi connectivity index (χ0n) is 9.86. The fraction of sp³-hybridized carbons (Fsp3) is 0.167. The second-order valence-electron chi connectivity index (χ2n) is 3.77. The van der Waals surface area contributed by atoms with Crippen LogP contribution in [0.25, 0.3) is 0 Å². The SMILES string of the molecule is Cl.N[C@@H](c1ccsc1)c1ccc(OC(F)(F)F)c(F)c1. The Morgan fingerprint density at radius 1 is 1.15 bits per heavy atom. The van der Waals surface area contributed by atoms with Gasteiger partial charge in [-0.25, -0.2) is 4.39 Å². The Bertz CT molecular complexity index is 559. The Morgan fingerprint density at radius 3 is 2.35 bits per heavy atom. The van der Waals surface area contributed by atoms with Crippen LogP contribution in [0.2, 0.25) is 0 Å². The third kappa shape index (κ3) is 4.09. The van der Waals surface area contributed by atoms with E-state index in [2.05, 4.69) is 4.74 Å². The van der Waals surface area contributed by atoms with Crippen molar-refractivity contribution in [3.05, 3.63) is 52.0 Å². The van der Waals surface area contributed by atoms with Crippen molar-refractivity contribution in [2.24, 2.45) is 5.73 Å². The Morgan fingerprint density at radius 2 is 1.85 bits per heavy atom. The van der Waals surface area contributed by atoms with Gasteiger partial charge in [-0.05, 0) is 40.1 Å². The third-order valence-electron chi connectivity index (χ3n) is 2.44. The molecule has 0 spiro atoms. The average molecular weight is 328 g/mol. The third-order valence-corrected chi connectivity index (χ3v) is 3.14. The number of benzene rings is 1. The minimum atomic E-state index is -4.92. The lowest BCUT2D eigenvalue weighted by atomic mass is 10.0. The molecule has 0 saturated carbocycles. The van der Waals surface area contributed by atoms with Crippen molar-refractivity contribution in [2.75, 3.05) is 0 Å². The quantitative estimate of drug-likeness (QED) is 0.855. The number of hydrogen-bond donors (Lipinski definition) is 1. The maximum Gasteiger partial charge on any atom is 0.573 e. The van der Waals surface area contributed by atoms with E-state index in [0.717, 1.165) is 17.7 Å². The molecule has 20 heavy (non-hydrogen) atoms. The van der Waals surface area contributed by atoms with Crippen LogP contribution in [0.15, 0.2) is 35.0 Å². The Hall–Kier alpha value is -1.31. The second kappa shape index (κ2) is 6.43. The number of ether oxygens (including phenoxy) is 1. The standard InChI is InChI=1S/C12H9F4NOS.ClH/c13-9-5-7(11(17)8-3-4-19-6-8)1-2-10(9)18-12(14,15)16;/h1-6,11H,17H2;1H/t11-;/m1./s1. The predicted octanol–water partition coefficient (Wildman–Crippen LogP) is 4.26. The van der Waals surface area contributed by atoms with Crippen LogP contribution in [0.5, 0.6) is 5.75 Å². The molecule has 0 unspecified atom stereocenters. The summed E-state index contributed by atoms with van der Waals surface area (Å²) in [6.45, 7) is 0. The van der Waals surface area contributed by atoms with Gasteiger partial charge < -0.3 is 10.5 Å². The molecule has 0 fully saturated rings. The first-order valence-electron chi connectivity index (χ1n) is 5.19. The number of nitrogens with two attached hydrogens (primary N) is 1. The molecule has 2 nitrogen and oxygen atoms in total. The summed E-state index contributed by atoms with van der Waals surface area (Å²) < 4.78 is 53.0. The molecule has 0 aliphatic rings. The van der Waals surface area contributed by atoms with Crippen LogP contribution in [0.3, 0.4) is 0 Å². The van der Waals surface area contributed by atoms with Gasteiger partial charge >= 0.3 is 6.36 Å². The maximum absolute atomic E-state index is 13.5. The summed E-state index contributed by atoms with van der Waals surface area (Å²) in [6.07, 6.45) is -4.92. The normalized spacial score (nSPS) is 12.7. The molecule has 0 amide bonds. The largest absolute Gasteiger partial charge is 0.573 e. The van der Waals surface area contributed by atoms with Gasteiger partial charge in [-0.3, -0.25) is 0 Å². The lowest BCUT2D eigenvalue weighted by Crippen LogP contribution is -2.18. The molecule has 1 aromatic carbocycles. The summed E-state index contributed by atoms with van der Waals surface area (Å²) in [6, 6.07) is 4.37. The van der Waals surface area contributed by atoms with Crippen molar-refractivity contribution in [1.82, 2.24) is 0 Å².